The van der Waals surface area contributed by atoms with Crippen molar-refractivity contribution in [2.24, 2.45) is 7.05 Å². The van der Waals surface area contributed by atoms with E-state index in [9.17, 15) is 4.79 Å². The number of hydrogen-bond donors (Lipinski definition) is 1. The Kier molecular flexibility index (Phi) is 4.08. The molecule has 134 valence electrons. The number of benzene rings is 1. The van der Waals surface area contributed by atoms with Crippen LogP contribution in [0.5, 0.6) is 0 Å². The maximum Gasteiger partial charge on any atom is 0.262 e. The molecule has 0 fully saturated rings. The molecule has 3 heterocycles. The Morgan fingerprint density at radius 3 is 2.81 bits per heavy atom. The Balaban J connectivity index is 1.76. The van der Waals surface area contributed by atoms with E-state index in [1.807, 2.05) is 35.7 Å². The lowest BCUT2D eigenvalue weighted by molar-refractivity contribution is 0.555. The predicted molar refractivity (Wildman–Crippen MR) is 103 cm³/mol. The highest BCUT2D eigenvalue weighted by Gasteiger charge is 2.16. The van der Waals surface area contributed by atoms with Gasteiger partial charge in [-0.15, -0.1) is 21.5 Å². The molecule has 3 aromatic heterocycles. The minimum atomic E-state index is -0.0604. The van der Waals surface area contributed by atoms with Crippen molar-refractivity contribution in [2.45, 2.75) is 33.4 Å². The van der Waals surface area contributed by atoms with Gasteiger partial charge >= 0.3 is 0 Å². The van der Waals surface area contributed by atoms with Crippen LogP contribution in [0.3, 0.4) is 0 Å². The van der Waals surface area contributed by atoms with Gasteiger partial charge in [-0.3, -0.25) is 13.8 Å². The number of aromatic nitrogens is 5. The summed E-state index contributed by atoms with van der Waals surface area (Å²) in [6, 6.07) is 5.98. The Bertz CT molecular complexity index is 1170. The molecule has 4 rings (SSSR count). The molecule has 0 amide bonds. The summed E-state index contributed by atoms with van der Waals surface area (Å²) in [4.78, 5) is 18.2. The van der Waals surface area contributed by atoms with Crippen molar-refractivity contribution >= 4 is 28.0 Å². The van der Waals surface area contributed by atoms with E-state index in [1.165, 1.54) is 4.88 Å². The second-order valence-corrected chi connectivity index (χ2v) is 7.81. The van der Waals surface area contributed by atoms with E-state index in [4.69, 9.17) is 0 Å². The van der Waals surface area contributed by atoms with Gasteiger partial charge in [-0.2, -0.15) is 0 Å². The summed E-state index contributed by atoms with van der Waals surface area (Å²) in [5.41, 5.74) is 1.82. The highest BCUT2D eigenvalue weighted by atomic mass is 32.1. The number of rotatable bonds is 4. The predicted octanol–water partition coefficient (Wildman–Crippen LogP) is 2.51. The summed E-state index contributed by atoms with van der Waals surface area (Å²) in [5.74, 6) is 1.31. The van der Waals surface area contributed by atoms with Crippen molar-refractivity contribution in [2.75, 3.05) is 0 Å². The standard InChI is InChI=1S/C18H20N6OS/c1-10-5-6-14-13(7-10)17(25)23(4)18-22-21-15(24(14)18)9-19-12(3)16-20-8-11(2)26-16/h5-8,12,19H,9H2,1-4H3. The SMILES string of the molecule is Cc1ccc2c(c1)c(=O)n(C)c1nnc(CNC(C)c3ncc(C)s3)n21. The van der Waals surface area contributed by atoms with Gasteiger partial charge in [-0.05, 0) is 32.9 Å². The van der Waals surface area contributed by atoms with Crippen LogP contribution in [0, 0.1) is 13.8 Å². The van der Waals surface area contributed by atoms with E-state index in [1.54, 1.807) is 23.0 Å². The number of fused-ring (bicyclic) bond motifs is 3. The first-order valence-corrected chi connectivity index (χ1v) is 9.26. The minimum absolute atomic E-state index is 0.0604. The van der Waals surface area contributed by atoms with Gasteiger partial charge in [0.1, 0.15) is 5.01 Å². The third-order valence-corrected chi connectivity index (χ3v) is 5.61. The van der Waals surface area contributed by atoms with Gasteiger partial charge in [0, 0.05) is 18.1 Å². The van der Waals surface area contributed by atoms with Crippen LogP contribution in [-0.2, 0) is 13.6 Å². The summed E-state index contributed by atoms with van der Waals surface area (Å²) in [6.45, 7) is 6.64. The molecule has 8 heteroatoms. The van der Waals surface area contributed by atoms with Gasteiger partial charge in [0.2, 0.25) is 5.78 Å². The van der Waals surface area contributed by atoms with E-state index >= 15 is 0 Å². The smallest absolute Gasteiger partial charge is 0.262 e. The fourth-order valence-electron chi connectivity index (χ4n) is 3.08. The Hall–Kier alpha value is -2.58. The van der Waals surface area contributed by atoms with E-state index < -0.39 is 0 Å². The summed E-state index contributed by atoms with van der Waals surface area (Å²) >= 11 is 1.68. The van der Waals surface area contributed by atoms with Gasteiger partial charge < -0.3 is 5.32 Å². The molecule has 1 aromatic carbocycles. The molecule has 0 aliphatic heterocycles. The van der Waals surface area contributed by atoms with E-state index in [2.05, 4.69) is 34.3 Å². The van der Waals surface area contributed by atoms with Crippen molar-refractivity contribution < 1.29 is 0 Å². The Morgan fingerprint density at radius 2 is 2.08 bits per heavy atom. The van der Waals surface area contributed by atoms with E-state index in [0.29, 0.717) is 17.7 Å². The van der Waals surface area contributed by atoms with Gasteiger partial charge in [-0.25, -0.2) is 4.98 Å². The molecule has 0 radical (unpaired) electrons. The highest BCUT2D eigenvalue weighted by Crippen LogP contribution is 2.20. The second kappa shape index (κ2) is 6.30. The molecule has 1 N–H and O–H groups in total. The fourth-order valence-corrected chi connectivity index (χ4v) is 3.88. The molecule has 0 saturated heterocycles. The summed E-state index contributed by atoms with van der Waals surface area (Å²) in [5, 5.41) is 13.7. The Labute approximate surface area is 154 Å². The van der Waals surface area contributed by atoms with Gasteiger partial charge in [0.25, 0.3) is 5.56 Å². The molecular weight excluding hydrogens is 348 g/mol. The average molecular weight is 368 g/mol. The molecule has 0 aliphatic carbocycles. The van der Waals surface area contributed by atoms with Crippen molar-refractivity contribution in [3.8, 4) is 0 Å². The molecule has 26 heavy (non-hydrogen) atoms. The lowest BCUT2D eigenvalue weighted by Gasteiger charge is -2.12. The number of nitrogens with one attached hydrogen (secondary N) is 1. The lowest BCUT2D eigenvalue weighted by Crippen LogP contribution is -2.22. The van der Waals surface area contributed by atoms with Crippen LogP contribution >= 0.6 is 11.3 Å². The van der Waals surface area contributed by atoms with Crippen molar-refractivity contribution in [1.29, 1.82) is 0 Å². The monoisotopic (exact) mass is 368 g/mol. The van der Waals surface area contributed by atoms with Gasteiger partial charge in [0.15, 0.2) is 5.82 Å². The quantitative estimate of drug-likeness (QED) is 0.599. The van der Waals surface area contributed by atoms with Crippen LogP contribution in [0.25, 0.3) is 16.7 Å². The number of nitrogens with zero attached hydrogens (tertiary/aromatic N) is 5. The van der Waals surface area contributed by atoms with Crippen molar-refractivity contribution in [3.05, 3.63) is 56.0 Å². The fraction of sp³-hybridized carbons (Fsp3) is 0.333. The average Bonchev–Trinajstić information content (AvgIpc) is 3.24. The van der Waals surface area contributed by atoms with Crippen LogP contribution in [0.4, 0.5) is 0 Å². The first kappa shape index (κ1) is 16.9. The topological polar surface area (TPSA) is 77.1 Å². The first-order chi connectivity index (χ1) is 12.5. The molecule has 1 unspecified atom stereocenters. The van der Waals surface area contributed by atoms with Gasteiger partial charge in [0.05, 0.1) is 23.5 Å². The van der Waals surface area contributed by atoms with Crippen LogP contribution in [0.2, 0.25) is 0 Å². The normalized spacial score (nSPS) is 12.9. The number of thiazole rings is 1. The van der Waals surface area contributed by atoms with Crippen LogP contribution in [0.15, 0.2) is 29.2 Å². The molecule has 0 saturated carbocycles. The summed E-state index contributed by atoms with van der Waals surface area (Å²) in [7, 11) is 1.73. The largest absolute Gasteiger partial charge is 0.301 e. The van der Waals surface area contributed by atoms with Crippen LogP contribution < -0.4 is 10.9 Å². The maximum absolute atomic E-state index is 12.6. The zero-order chi connectivity index (χ0) is 18.4. The minimum Gasteiger partial charge on any atom is -0.301 e. The van der Waals surface area contributed by atoms with E-state index in [0.717, 1.165) is 21.9 Å². The lowest BCUT2D eigenvalue weighted by atomic mass is 10.1. The molecule has 1 atom stereocenters. The number of aryl methyl sites for hydroxylation is 3. The Morgan fingerprint density at radius 1 is 1.27 bits per heavy atom. The van der Waals surface area contributed by atoms with Crippen LogP contribution in [-0.4, -0.2) is 24.1 Å². The van der Waals surface area contributed by atoms with Crippen molar-refractivity contribution in [3.63, 3.8) is 0 Å². The summed E-state index contributed by atoms with van der Waals surface area (Å²) < 4.78 is 3.49. The van der Waals surface area contributed by atoms with Crippen molar-refractivity contribution in [1.82, 2.24) is 29.5 Å². The van der Waals surface area contributed by atoms with E-state index in [-0.39, 0.29) is 11.6 Å². The van der Waals surface area contributed by atoms with Gasteiger partial charge in [-0.1, -0.05) is 11.6 Å². The zero-order valence-electron chi connectivity index (χ0n) is 15.1. The number of hydrogen-bond acceptors (Lipinski definition) is 6. The molecule has 0 spiro atoms. The molecule has 4 aromatic rings. The second-order valence-electron chi connectivity index (χ2n) is 6.55. The molecule has 0 aliphatic rings. The molecule has 0 bridgehead atoms. The molecule has 7 nitrogen and oxygen atoms in total. The summed E-state index contributed by atoms with van der Waals surface area (Å²) in [6.07, 6.45) is 1.89. The maximum atomic E-state index is 12.6. The zero-order valence-corrected chi connectivity index (χ0v) is 16.0. The van der Waals surface area contributed by atoms with Crippen LogP contribution in [0.1, 0.15) is 34.2 Å². The third-order valence-electron chi connectivity index (χ3n) is 4.52. The first-order valence-electron chi connectivity index (χ1n) is 8.45. The molecular formula is C18H20N6OS. The highest BCUT2D eigenvalue weighted by molar-refractivity contribution is 7.11. The third kappa shape index (κ3) is 2.71.